The molecule has 0 spiro atoms. The summed E-state index contributed by atoms with van der Waals surface area (Å²) in [5.41, 5.74) is 1.99. The summed E-state index contributed by atoms with van der Waals surface area (Å²) in [6.07, 6.45) is 4.61. The van der Waals surface area contributed by atoms with E-state index in [1.807, 2.05) is 6.07 Å². The maximum atomic E-state index is 12.9. The fourth-order valence-electron chi connectivity index (χ4n) is 3.81. The molecule has 1 atom stereocenters. The van der Waals surface area contributed by atoms with Crippen LogP contribution < -0.4 is 0 Å². The first kappa shape index (κ1) is 19.5. The quantitative estimate of drug-likeness (QED) is 0.712. The van der Waals surface area contributed by atoms with Crippen molar-refractivity contribution in [2.75, 3.05) is 33.3 Å². The Morgan fingerprint density at radius 3 is 2.88 bits per heavy atom. The van der Waals surface area contributed by atoms with Crippen molar-refractivity contribution in [3.05, 3.63) is 33.8 Å². The number of nitrogens with zero attached hydrogens (tertiary/aromatic N) is 3. The van der Waals surface area contributed by atoms with E-state index in [4.69, 9.17) is 28.0 Å². The summed E-state index contributed by atoms with van der Waals surface area (Å²) in [4.78, 5) is 22.2. The van der Waals surface area contributed by atoms with Crippen molar-refractivity contribution in [3.63, 3.8) is 0 Å². The Morgan fingerprint density at radius 1 is 1.27 bits per heavy atom. The first-order valence-electron chi connectivity index (χ1n) is 9.11. The minimum absolute atomic E-state index is 0.165. The van der Waals surface area contributed by atoms with E-state index in [0.29, 0.717) is 16.5 Å². The molecule has 142 valence electrons. The van der Waals surface area contributed by atoms with Crippen LogP contribution in [0.2, 0.25) is 10.0 Å². The lowest BCUT2D eigenvalue weighted by atomic mass is 10.00. The van der Waals surface area contributed by atoms with Gasteiger partial charge in [-0.2, -0.15) is 0 Å². The van der Waals surface area contributed by atoms with Gasteiger partial charge in [-0.15, -0.1) is 0 Å². The number of carbonyl (C=O) groups excluding carboxylic acids is 1. The fraction of sp³-hybridized carbons (Fsp3) is 0.579. The van der Waals surface area contributed by atoms with Crippen molar-refractivity contribution in [2.45, 2.75) is 38.1 Å². The van der Waals surface area contributed by atoms with Gasteiger partial charge >= 0.3 is 0 Å². The van der Waals surface area contributed by atoms with Crippen LogP contribution >= 0.6 is 23.2 Å². The summed E-state index contributed by atoms with van der Waals surface area (Å²) in [6, 6.07) is 5.68. The van der Waals surface area contributed by atoms with E-state index in [1.54, 1.807) is 19.2 Å². The van der Waals surface area contributed by atoms with E-state index in [1.165, 1.54) is 6.42 Å². The highest BCUT2D eigenvalue weighted by Gasteiger charge is 2.30. The highest BCUT2D eigenvalue weighted by molar-refractivity contribution is 6.42. The zero-order valence-electron chi connectivity index (χ0n) is 15.1. The van der Waals surface area contributed by atoms with Crippen LogP contribution in [0.5, 0.6) is 0 Å². The molecule has 2 heterocycles. The largest absolute Gasteiger partial charge is 0.399 e. The Kier molecular flexibility index (Phi) is 6.79. The predicted octanol–water partition coefficient (Wildman–Crippen LogP) is 3.63. The predicted molar refractivity (Wildman–Crippen MR) is 105 cm³/mol. The zero-order valence-corrected chi connectivity index (χ0v) is 16.6. The molecular weight excluding hydrogens is 373 g/mol. The van der Waals surface area contributed by atoms with Crippen molar-refractivity contribution >= 4 is 34.8 Å². The Bertz CT molecular complexity index is 681. The first-order chi connectivity index (χ1) is 12.6. The van der Waals surface area contributed by atoms with Gasteiger partial charge in [0.25, 0.3) is 0 Å². The van der Waals surface area contributed by atoms with Crippen molar-refractivity contribution in [2.24, 2.45) is 5.16 Å². The van der Waals surface area contributed by atoms with Gasteiger partial charge in [-0.25, -0.2) is 0 Å². The van der Waals surface area contributed by atoms with E-state index in [-0.39, 0.29) is 11.9 Å². The Hall–Kier alpha value is -1.30. The van der Waals surface area contributed by atoms with Crippen molar-refractivity contribution < 1.29 is 9.63 Å². The van der Waals surface area contributed by atoms with E-state index in [2.05, 4.69) is 15.0 Å². The molecule has 0 N–H and O–H groups in total. The molecule has 0 radical (unpaired) electrons. The van der Waals surface area contributed by atoms with Gasteiger partial charge in [-0.3, -0.25) is 9.69 Å². The second-order valence-corrected chi connectivity index (χ2v) is 7.80. The van der Waals surface area contributed by atoms with Crippen LogP contribution in [0.25, 0.3) is 0 Å². The number of piperidine rings is 1. The molecule has 2 aliphatic heterocycles. The van der Waals surface area contributed by atoms with Gasteiger partial charge in [-0.1, -0.05) is 34.4 Å². The van der Waals surface area contributed by atoms with E-state index in [9.17, 15) is 4.79 Å². The maximum absolute atomic E-state index is 12.9. The van der Waals surface area contributed by atoms with Gasteiger partial charge in [0.05, 0.1) is 22.2 Å². The molecule has 2 aliphatic rings. The van der Waals surface area contributed by atoms with Gasteiger partial charge in [0.15, 0.2) is 0 Å². The van der Waals surface area contributed by atoms with Crippen LogP contribution in [-0.4, -0.2) is 60.7 Å². The Labute approximate surface area is 164 Å². The van der Waals surface area contributed by atoms with E-state index < -0.39 is 0 Å². The molecule has 2 saturated heterocycles. The molecule has 3 rings (SSSR count). The number of likely N-dealkylation sites (tertiary alicyclic amines) is 2. The second-order valence-electron chi connectivity index (χ2n) is 6.99. The van der Waals surface area contributed by atoms with Crippen molar-refractivity contribution in [1.82, 2.24) is 9.80 Å². The average Bonchev–Trinajstić information content (AvgIpc) is 3.06. The molecule has 0 bridgehead atoms. The lowest BCUT2D eigenvalue weighted by Gasteiger charge is -2.38. The van der Waals surface area contributed by atoms with Crippen LogP contribution in [0.15, 0.2) is 23.4 Å². The third-order valence-electron chi connectivity index (χ3n) is 5.10. The standard InChI is InChI=1S/C19H25Cl2N3O2/c1-26-22-15-7-9-23(12-15)13-16-4-2-3-8-24(16)19(25)11-14-5-6-17(20)18(21)10-14/h5-6,10,16H,2-4,7-9,11-13H2,1H3/b22-15-. The molecule has 1 aromatic carbocycles. The fourth-order valence-corrected chi connectivity index (χ4v) is 4.13. The number of benzene rings is 1. The molecule has 0 aromatic heterocycles. The Balaban J connectivity index is 1.61. The topological polar surface area (TPSA) is 45.1 Å². The molecule has 26 heavy (non-hydrogen) atoms. The average molecular weight is 398 g/mol. The number of oxime groups is 1. The van der Waals surface area contributed by atoms with Crippen LogP contribution in [0, 0.1) is 0 Å². The molecule has 1 unspecified atom stereocenters. The highest BCUT2D eigenvalue weighted by atomic mass is 35.5. The van der Waals surface area contributed by atoms with Crippen molar-refractivity contribution in [3.8, 4) is 0 Å². The summed E-state index contributed by atoms with van der Waals surface area (Å²) in [7, 11) is 1.58. The molecule has 2 fully saturated rings. The summed E-state index contributed by atoms with van der Waals surface area (Å²) < 4.78 is 0. The monoisotopic (exact) mass is 397 g/mol. The molecule has 5 nitrogen and oxygen atoms in total. The summed E-state index contributed by atoms with van der Waals surface area (Å²) in [6.45, 7) is 3.54. The third kappa shape index (κ3) is 4.90. The minimum atomic E-state index is 0.165. The lowest BCUT2D eigenvalue weighted by molar-refractivity contribution is -0.134. The summed E-state index contributed by atoms with van der Waals surface area (Å²) in [5, 5.41) is 5.07. The molecule has 0 saturated carbocycles. The molecule has 1 amide bonds. The molecular formula is C19H25Cl2N3O2. The third-order valence-corrected chi connectivity index (χ3v) is 5.84. The highest BCUT2D eigenvalue weighted by Crippen LogP contribution is 2.24. The number of carbonyl (C=O) groups is 1. The number of hydrogen-bond acceptors (Lipinski definition) is 4. The van der Waals surface area contributed by atoms with E-state index in [0.717, 1.165) is 56.7 Å². The minimum Gasteiger partial charge on any atom is -0.399 e. The summed E-state index contributed by atoms with van der Waals surface area (Å²) in [5.74, 6) is 0.165. The van der Waals surface area contributed by atoms with E-state index >= 15 is 0 Å². The van der Waals surface area contributed by atoms with Gasteiger partial charge < -0.3 is 9.74 Å². The zero-order chi connectivity index (χ0) is 18.5. The molecule has 1 aromatic rings. The maximum Gasteiger partial charge on any atom is 0.227 e. The van der Waals surface area contributed by atoms with Gasteiger partial charge in [0.1, 0.15) is 7.11 Å². The smallest absolute Gasteiger partial charge is 0.227 e. The number of halogens is 2. The lowest BCUT2D eigenvalue weighted by Crippen LogP contribution is -2.49. The number of hydrogen-bond donors (Lipinski definition) is 0. The first-order valence-corrected chi connectivity index (χ1v) is 9.87. The normalized spacial score (nSPS) is 22.8. The van der Waals surface area contributed by atoms with Gasteiger partial charge in [0.2, 0.25) is 5.91 Å². The van der Waals surface area contributed by atoms with Gasteiger partial charge in [-0.05, 0) is 37.0 Å². The number of rotatable bonds is 5. The summed E-state index contributed by atoms with van der Waals surface area (Å²) >= 11 is 12.0. The van der Waals surface area contributed by atoms with Crippen LogP contribution in [0.1, 0.15) is 31.2 Å². The van der Waals surface area contributed by atoms with Crippen LogP contribution in [-0.2, 0) is 16.1 Å². The van der Waals surface area contributed by atoms with Crippen LogP contribution in [0.3, 0.4) is 0 Å². The van der Waals surface area contributed by atoms with Crippen molar-refractivity contribution in [1.29, 1.82) is 0 Å². The SMILES string of the molecule is CO/N=C1/CCN(CC2CCCCN2C(=O)Cc2ccc(Cl)c(Cl)c2)C1. The Morgan fingerprint density at radius 2 is 2.12 bits per heavy atom. The second kappa shape index (κ2) is 9.07. The van der Waals surface area contributed by atoms with Crippen LogP contribution in [0.4, 0.5) is 0 Å². The van der Waals surface area contributed by atoms with Gasteiger partial charge in [0, 0.05) is 38.6 Å². The molecule has 7 heteroatoms. The number of amides is 1. The molecule has 0 aliphatic carbocycles.